The van der Waals surface area contributed by atoms with Crippen LogP contribution in [0.25, 0.3) is 0 Å². The molecule has 1 aliphatic rings. The van der Waals surface area contributed by atoms with Crippen molar-refractivity contribution >= 4 is 5.71 Å². The van der Waals surface area contributed by atoms with E-state index in [0.29, 0.717) is 0 Å². The molecule has 1 fully saturated rings. The van der Waals surface area contributed by atoms with Crippen molar-refractivity contribution in [1.82, 2.24) is 0 Å². The van der Waals surface area contributed by atoms with Gasteiger partial charge in [0.2, 0.25) is 0 Å². The average Bonchev–Trinajstić information content (AvgIpc) is 2.10. The number of rotatable bonds is 1. The molecule has 70 valence electrons. The van der Waals surface area contributed by atoms with Crippen molar-refractivity contribution in [3.8, 4) is 0 Å². The lowest BCUT2D eigenvalue weighted by Crippen LogP contribution is -2.51. The summed E-state index contributed by atoms with van der Waals surface area (Å²) in [5.41, 5.74) is -0.0350. The lowest BCUT2D eigenvalue weighted by Gasteiger charge is -2.30. The molecule has 4 N–H and O–H groups in total. The van der Waals surface area contributed by atoms with Crippen LogP contribution in [-0.4, -0.2) is 57.8 Å². The maximum absolute atomic E-state index is 9.21. The third-order valence-corrected chi connectivity index (χ3v) is 1.80. The van der Waals surface area contributed by atoms with E-state index < -0.39 is 18.3 Å². The third-order valence-electron chi connectivity index (χ3n) is 1.80. The van der Waals surface area contributed by atoms with Crippen molar-refractivity contribution in [2.75, 3.05) is 13.2 Å². The smallest absolute Gasteiger partial charge is 0.126 e. The van der Waals surface area contributed by atoms with Crippen LogP contribution in [0.15, 0.2) is 5.16 Å². The first-order valence-electron chi connectivity index (χ1n) is 3.50. The molecule has 0 radical (unpaired) electrons. The van der Waals surface area contributed by atoms with Crippen LogP contribution in [0.4, 0.5) is 0 Å². The minimum atomic E-state index is -1.26. The molecule has 6 heteroatoms. The molecule has 1 rings (SSSR count). The summed E-state index contributed by atoms with van der Waals surface area (Å²) in [4.78, 5) is 0. The highest BCUT2D eigenvalue weighted by molar-refractivity contribution is 5.90. The first-order chi connectivity index (χ1) is 5.70. The largest absolute Gasteiger partial charge is 0.411 e. The summed E-state index contributed by atoms with van der Waals surface area (Å²) < 4.78 is 4.86. The molecule has 0 bridgehead atoms. The van der Waals surface area contributed by atoms with Crippen LogP contribution >= 0.6 is 0 Å². The van der Waals surface area contributed by atoms with Gasteiger partial charge in [-0.05, 0) is 0 Å². The number of hydrogen-bond acceptors (Lipinski definition) is 6. The summed E-state index contributed by atoms with van der Waals surface area (Å²) in [5.74, 6) is 0. The van der Waals surface area contributed by atoms with Crippen LogP contribution in [0, 0.1) is 0 Å². The van der Waals surface area contributed by atoms with Gasteiger partial charge in [0, 0.05) is 0 Å². The monoisotopic (exact) mass is 177 g/mol. The fraction of sp³-hybridized carbons (Fsp3) is 0.833. The molecule has 0 saturated carbocycles. The summed E-state index contributed by atoms with van der Waals surface area (Å²) in [7, 11) is 0. The maximum Gasteiger partial charge on any atom is 0.126 e. The summed E-state index contributed by atoms with van der Waals surface area (Å²) in [6, 6.07) is 0. The second-order valence-corrected chi connectivity index (χ2v) is 2.56. The van der Waals surface area contributed by atoms with Crippen LogP contribution < -0.4 is 0 Å². The van der Waals surface area contributed by atoms with Crippen molar-refractivity contribution < 1.29 is 25.3 Å². The second-order valence-electron chi connectivity index (χ2n) is 2.56. The van der Waals surface area contributed by atoms with Crippen molar-refractivity contribution in [2.24, 2.45) is 5.16 Å². The van der Waals surface area contributed by atoms with E-state index >= 15 is 0 Å². The zero-order valence-corrected chi connectivity index (χ0v) is 6.29. The number of ether oxygens (including phenoxy) is 1. The van der Waals surface area contributed by atoms with Gasteiger partial charge >= 0.3 is 0 Å². The van der Waals surface area contributed by atoms with Crippen LogP contribution in [-0.2, 0) is 4.74 Å². The molecule has 3 atom stereocenters. The molecular weight excluding hydrogens is 166 g/mol. The lowest BCUT2D eigenvalue weighted by atomic mass is 10.0. The highest BCUT2D eigenvalue weighted by Gasteiger charge is 2.35. The molecule has 6 nitrogen and oxygen atoms in total. The molecule has 12 heavy (non-hydrogen) atoms. The SMILES string of the molecule is OC[C@H]1OCC(=NO)[C@@H](O)[C@H]1O. The standard InChI is InChI=1S/C6H11NO5/c8-1-4-6(10)5(9)3(7-11)2-12-4/h4-6,8-11H,1-2H2/t4-,5-,6+/m1/s1. The molecule has 0 unspecified atom stereocenters. The minimum Gasteiger partial charge on any atom is -0.411 e. The predicted molar refractivity (Wildman–Crippen MR) is 38.1 cm³/mol. The third kappa shape index (κ3) is 1.56. The van der Waals surface area contributed by atoms with E-state index in [-0.39, 0.29) is 18.9 Å². The molecule has 0 amide bonds. The van der Waals surface area contributed by atoms with E-state index in [1.165, 1.54) is 0 Å². The molecule has 0 aliphatic carbocycles. The molecule has 0 aromatic heterocycles. The normalized spacial score (nSPS) is 40.2. The summed E-state index contributed by atoms with van der Waals surface area (Å²) in [5, 5.41) is 38.1. The van der Waals surface area contributed by atoms with E-state index in [4.69, 9.17) is 15.1 Å². The number of hydrogen-bond donors (Lipinski definition) is 4. The highest BCUT2D eigenvalue weighted by Crippen LogP contribution is 2.12. The Balaban J connectivity index is 2.65. The van der Waals surface area contributed by atoms with Crippen LogP contribution in [0.1, 0.15) is 0 Å². The molecule has 0 spiro atoms. The van der Waals surface area contributed by atoms with Crippen molar-refractivity contribution in [2.45, 2.75) is 18.3 Å². The van der Waals surface area contributed by atoms with Gasteiger partial charge in [-0.2, -0.15) is 0 Å². The van der Waals surface area contributed by atoms with Crippen molar-refractivity contribution in [3.63, 3.8) is 0 Å². The summed E-state index contributed by atoms with van der Waals surface area (Å²) in [6.45, 7) is -0.461. The Kier molecular flexibility index (Phi) is 2.99. The molecular formula is C6H11NO5. The number of aliphatic hydroxyl groups is 3. The molecule has 1 aliphatic heterocycles. The summed E-state index contributed by atoms with van der Waals surface area (Å²) in [6.07, 6.45) is -3.32. The van der Waals surface area contributed by atoms with Crippen LogP contribution in [0.3, 0.4) is 0 Å². The quantitative estimate of drug-likeness (QED) is 0.272. The van der Waals surface area contributed by atoms with E-state index in [9.17, 15) is 10.2 Å². The average molecular weight is 177 g/mol. The molecule has 1 heterocycles. The number of nitrogens with zero attached hydrogens (tertiary/aromatic N) is 1. The Labute approximate surface area is 68.7 Å². The zero-order chi connectivity index (χ0) is 9.14. The van der Waals surface area contributed by atoms with Gasteiger partial charge in [0.15, 0.2) is 0 Å². The van der Waals surface area contributed by atoms with Gasteiger partial charge in [0.25, 0.3) is 0 Å². The van der Waals surface area contributed by atoms with Crippen molar-refractivity contribution in [3.05, 3.63) is 0 Å². The number of oxime groups is 1. The minimum absolute atomic E-state index is 0.0350. The molecule has 1 saturated heterocycles. The Bertz CT molecular complexity index is 183. The van der Waals surface area contributed by atoms with Crippen molar-refractivity contribution in [1.29, 1.82) is 0 Å². The van der Waals surface area contributed by atoms with Gasteiger partial charge in [-0.1, -0.05) is 5.16 Å². The van der Waals surface area contributed by atoms with Crippen LogP contribution in [0.2, 0.25) is 0 Å². The lowest BCUT2D eigenvalue weighted by molar-refractivity contribution is -0.102. The molecule has 0 aromatic carbocycles. The van der Waals surface area contributed by atoms with E-state index in [0.717, 1.165) is 0 Å². The highest BCUT2D eigenvalue weighted by atomic mass is 16.5. The topological polar surface area (TPSA) is 103 Å². The van der Waals surface area contributed by atoms with E-state index in [1.54, 1.807) is 0 Å². The summed E-state index contributed by atoms with van der Waals surface area (Å²) >= 11 is 0. The Morgan fingerprint density at radius 3 is 2.67 bits per heavy atom. The van der Waals surface area contributed by atoms with Gasteiger partial charge < -0.3 is 25.3 Å². The Morgan fingerprint density at radius 1 is 1.50 bits per heavy atom. The fourth-order valence-corrected chi connectivity index (χ4v) is 1.03. The Hall–Kier alpha value is -0.690. The van der Waals surface area contributed by atoms with Crippen LogP contribution in [0.5, 0.6) is 0 Å². The predicted octanol–water partition coefficient (Wildman–Crippen LogP) is -2.07. The first-order valence-corrected chi connectivity index (χ1v) is 3.50. The fourth-order valence-electron chi connectivity index (χ4n) is 1.03. The zero-order valence-electron chi connectivity index (χ0n) is 6.29. The van der Waals surface area contributed by atoms with Gasteiger partial charge in [0.1, 0.15) is 24.0 Å². The van der Waals surface area contributed by atoms with E-state index in [1.807, 2.05) is 0 Å². The van der Waals surface area contributed by atoms with Gasteiger partial charge in [0.05, 0.1) is 13.2 Å². The first kappa shape index (κ1) is 9.40. The number of aliphatic hydroxyl groups excluding tert-OH is 3. The van der Waals surface area contributed by atoms with E-state index in [2.05, 4.69) is 5.16 Å². The maximum atomic E-state index is 9.21. The van der Waals surface area contributed by atoms with Gasteiger partial charge in [-0.3, -0.25) is 0 Å². The Morgan fingerprint density at radius 2 is 2.17 bits per heavy atom. The second kappa shape index (κ2) is 3.81. The van der Waals surface area contributed by atoms with Gasteiger partial charge in [-0.25, -0.2) is 0 Å². The molecule has 0 aromatic rings. The van der Waals surface area contributed by atoms with Gasteiger partial charge in [-0.15, -0.1) is 0 Å².